The predicted octanol–water partition coefficient (Wildman–Crippen LogP) is 12.6. The summed E-state index contributed by atoms with van der Waals surface area (Å²) in [6, 6.07) is -16.1. The Kier molecular flexibility index (Phi) is 2.65. The van der Waals surface area contributed by atoms with Gasteiger partial charge in [0.25, 0.3) is 0 Å². The molecule has 0 aliphatic carbocycles. The lowest BCUT2D eigenvalue weighted by Gasteiger charge is -2.12. The summed E-state index contributed by atoms with van der Waals surface area (Å²) in [5, 5.41) is -2.87. The van der Waals surface area contributed by atoms with E-state index in [0.717, 1.165) is 13.7 Å². The molecule has 0 aliphatic rings. The van der Waals surface area contributed by atoms with E-state index in [9.17, 15) is 13.7 Å². The summed E-state index contributed by atoms with van der Waals surface area (Å²) in [6.45, 7) is 0. The molecule has 0 unspecified atom stereocenters. The van der Waals surface area contributed by atoms with Gasteiger partial charge < -0.3 is 13.7 Å². The van der Waals surface area contributed by atoms with Crippen LogP contribution in [0.5, 0.6) is 0 Å². The number of hydrogen-bond donors (Lipinski definition) is 0. The first-order valence-corrected chi connectivity index (χ1v) is 15.3. The Labute approximate surface area is 332 Å². The van der Waals surface area contributed by atoms with Crippen molar-refractivity contribution in [2.24, 2.45) is 0 Å². The molecule has 0 bridgehead atoms. The highest BCUT2D eigenvalue weighted by atomic mass is 15.0. The second-order valence-corrected chi connectivity index (χ2v) is 11.3. The van der Waals surface area contributed by atoms with Crippen molar-refractivity contribution in [3.8, 4) is 28.2 Å². The minimum atomic E-state index is -0.948. The summed E-state index contributed by atoms with van der Waals surface area (Å²) < 4.78 is 246. The molecule has 0 fully saturated rings. The fourth-order valence-corrected chi connectivity index (χ4v) is 6.55. The van der Waals surface area contributed by atoms with Crippen LogP contribution in [0.15, 0.2) is 187 Å². The van der Waals surface area contributed by atoms with Crippen molar-refractivity contribution in [3.05, 3.63) is 187 Å². The zero-order chi connectivity index (χ0) is 57.0. The topological polar surface area (TPSA) is 14.8 Å². The van der Waals surface area contributed by atoms with Crippen LogP contribution in [0.25, 0.3) is 93.6 Å². The molecule has 8 aromatic carbocycles. The first-order valence-electron chi connectivity index (χ1n) is 28.8. The molecule has 0 saturated carbocycles. The van der Waals surface area contributed by atoms with Crippen LogP contribution in [0.3, 0.4) is 0 Å². The molecule has 3 heteroatoms. The third kappa shape index (κ3) is 4.12. The number of benzene rings is 8. The Morgan fingerprint density at radius 2 is 0.765 bits per heavy atom. The largest absolute Gasteiger partial charge is 0.309 e. The van der Waals surface area contributed by atoms with E-state index in [2.05, 4.69) is 0 Å². The molecule has 0 atom stereocenters. The lowest BCUT2D eigenvalue weighted by Crippen LogP contribution is -1.97. The molecule has 11 rings (SSSR count). The van der Waals surface area contributed by atoms with Crippen molar-refractivity contribution in [1.29, 1.82) is 0 Å². The minimum absolute atomic E-state index is 0.0215. The van der Waals surface area contributed by atoms with Crippen molar-refractivity contribution in [1.82, 2.24) is 13.7 Å². The summed E-state index contributed by atoms with van der Waals surface area (Å²) >= 11 is 0. The van der Waals surface area contributed by atoms with E-state index in [1.54, 1.807) is 0 Å². The summed E-state index contributed by atoms with van der Waals surface area (Å²) in [6.07, 6.45) is 0. The molecular weight excluding hydrogens is 619 g/mol. The van der Waals surface area contributed by atoms with Gasteiger partial charge in [-0.2, -0.15) is 0 Å². The smallest absolute Gasteiger partial charge is 0.0667 e. The van der Waals surface area contributed by atoms with Crippen LogP contribution in [0.1, 0.15) is 37.0 Å². The van der Waals surface area contributed by atoms with Crippen LogP contribution in [0, 0.1) is 0 Å². The standard InChI is InChI=1S/C48H31N3/c1-2-13-32(14-3-1)33-15-12-16-34(29-33)49-46-24-11-7-20-40(46)42-30-35(26-28-47(42)49)51-45-23-10-6-19-39(45)41-27-25-36(31-48(41)51)50-43-21-8-4-17-37(43)38-18-5-9-22-44(38)50/h1-31H/i1D,2D,3D,4D,5D,6D,7D,8D,9D,10D,11D,13D,14D,17D,18D,19D,20D,21D,22D,23D,24D,25D,26D,27D,28D,30D,31D. The molecule has 238 valence electrons. The zero-order valence-corrected chi connectivity index (χ0v) is 25.7. The number of aromatic nitrogens is 3. The van der Waals surface area contributed by atoms with E-state index in [1.165, 1.54) is 24.3 Å². The Morgan fingerprint density at radius 3 is 1.39 bits per heavy atom. The van der Waals surface area contributed by atoms with Gasteiger partial charge in [0.15, 0.2) is 0 Å². The summed E-state index contributed by atoms with van der Waals surface area (Å²) in [4.78, 5) is 0. The van der Waals surface area contributed by atoms with Gasteiger partial charge in [-0.25, -0.2) is 0 Å². The van der Waals surface area contributed by atoms with Crippen molar-refractivity contribution >= 4 is 65.4 Å². The fourth-order valence-electron chi connectivity index (χ4n) is 6.55. The van der Waals surface area contributed by atoms with Gasteiger partial charge in [-0.15, -0.1) is 0 Å². The average molecular weight is 677 g/mol. The van der Waals surface area contributed by atoms with Crippen LogP contribution in [-0.4, -0.2) is 13.7 Å². The average Bonchev–Trinajstić information content (AvgIpc) is 4.27. The van der Waals surface area contributed by atoms with Crippen molar-refractivity contribution < 1.29 is 37.0 Å². The van der Waals surface area contributed by atoms with Crippen molar-refractivity contribution in [2.45, 2.75) is 0 Å². The Hall–Kier alpha value is -6.84. The molecule has 0 N–H and O–H groups in total. The highest BCUT2D eigenvalue weighted by molar-refractivity contribution is 6.13. The maximum atomic E-state index is 10.1. The molecular formula is C48H31N3. The number of hydrogen-bond acceptors (Lipinski definition) is 0. The van der Waals surface area contributed by atoms with E-state index in [-0.39, 0.29) is 22.3 Å². The van der Waals surface area contributed by atoms with Crippen LogP contribution in [-0.2, 0) is 0 Å². The van der Waals surface area contributed by atoms with Crippen LogP contribution < -0.4 is 0 Å². The maximum Gasteiger partial charge on any atom is 0.0667 e. The fraction of sp³-hybridized carbons (Fsp3) is 0. The molecule has 3 heterocycles. The highest BCUT2D eigenvalue weighted by Gasteiger charge is 2.18. The van der Waals surface area contributed by atoms with E-state index < -0.39 is 234 Å². The predicted molar refractivity (Wildman–Crippen MR) is 215 cm³/mol. The molecule has 51 heavy (non-hydrogen) atoms. The van der Waals surface area contributed by atoms with Gasteiger partial charge in [0.1, 0.15) is 0 Å². The zero-order valence-electron chi connectivity index (χ0n) is 52.7. The van der Waals surface area contributed by atoms with Crippen molar-refractivity contribution in [2.75, 3.05) is 0 Å². The molecule has 3 nitrogen and oxygen atoms in total. The van der Waals surface area contributed by atoms with Crippen LogP contribution in [0.4, 0.5) is 0 Å². The molecule has 0 aliphatic heterocycles. The quantitative estimate of drug-likeness (QED) is 0.176. The Bertz CT molecular complexity index is 4600. The van der Waals surface area contributed by atoms with Gasteiger partial charge in [-0.1, -0.05) is 121 Å². The van der Waals surface area contributed by atoms with Gasteiger partial charge in [-0.3, -0.25) is 0 Å². The molecule has 0 spiro atoms. The second kappa shape index (κ2) is 10.8. The minimum Gasteiger partial charge on any atom is -0.309 e. The number of rotatable bonds is 4. The summed E-state index contributed by atoms with van der Waals surface area (Å²) in [5.41, 5.74) is -5.01. The van der Waals surface area contributed by atoms with Gasteiger partial charge in [0, 0.05) is 49.4 Å². The SMILES string of the molecule is [2H]c1c([2H])c([2H])c(-c2cccc(-n3c4c([2H])c([2H])c([2H])c([2H])c4c4c([2H])c(-n5c6c([2H])c([2H])c([2H])c([2H])c6c6c([2H])c([2H])c(-n7c8c([2H])c([2H])c([2H])c([2H])c8c8c([2H])c([2H])c([2H])c([2H])c87)c([2H])c65)c([2H])c([2H])c43)c2)c([2H])c1[2H]. The molecule has 0 saturated heterocycles. The number of nitrogens with zero attached hydrogens (tertiary/aromatic N) is 3. The van der Waals surface area contributed by atoms with Gasteiger partial charge >= 0.3 is 0 Å². The molecule has 11 aromatic rings. The first kappa shape index (κ1) is 12.5. The lowest BCUT2D eigenvalue weighted by atomic mass is 10.1. The monoisotopic (exact) mass is 676 g/mol. The Morgan fingerprint density at radius 1 is 0.314 bits per heavy atom. The van der Waals surface area contributed by atoms with E-state index in [4.69, 9.17) is 23.3 Å². The normalized spacial score (nSPS) is 19.3. The van der Waals surface area contributed by atoms with E-state index >= 15 is 0 Å². The summed E-state index contributed by atoms with van der Waals surface area (Å²) in [5.74, 6) is 0. The highest BCUT2D eigenvalue weighted by Crippen LogP contribution is 2.39. The second-order valence-electron chi connectivity index (χ2n) is 11.3. The maximum absolute atomic E-state index is 10.1. The molecule has 3 aromatic heterocycles. The lowest BCUT2D eigenvalue weighted by molar-refractivity contribution is 1.15. The van der Waals surface area contributed by atoms with E-state index in [1.807, 2.05) is 0 Å². The van der Waals surface area contributed by atoms with E-state index in [0.29, 0.717) is 0 Å². The van der Waals surface area contributed by atoms with Gasteiger partial charge in [0.2, 0.25) is 0 Å². The first-order chi connectivity index (χ1) is 36.6. The van der Waals surface area contributed by atoms with Gasteiger partial charge in [0.05, 0.1) is 70.1 Å². The molecule has 0 amide bonds. The summed E-state index contributed by atoms with van der Waals surface area (Å²) in [7, 11) is 0. The Balaban J connectivity index is 1.37. The third-order valence-electron chi connectivity index (χ3n) is 8.66. The molecule has 0 radical (unpaired) electrons. The van der Waals surface area contributed by atoms with Crippen molar-refractivity contribution in [3.63, 3.8) is 0 Å². The van der Waals surface area contributed by atoms with Crippen LogP contribution >= 0.6 is 0 Å². The third-order valence-corrected chi connectivity index (χ3v) is 8.66. The number of para-hydroxylation sites is 4. The van der Waals surface area contributed by atoms with Gasteiger partial charge in [-0.05, 0) is 77.6 Å². The van der Waals surface area contributed by atoms with Crippen LogP contribution in [0.2, 0.25) is 0 Å². The number of fused-ring (bicyclic) bond motifs is 9.